The van der Waals surface area contributed by atoms with Crippen molar-refractivity contribution in [1.29, 1.82) is 0 Å². The van der Waals surface area contributed by atoms with Gasteiger partial charge >= 0.3 is 5.97 Å². The third-order valence-electron chi connectivity index (χ3n) is 5.40. The topological polar surface area (TPSA) is 102 Å². The van der Waals surface area contributed by atoms with Crippen LogP contribution in [0.25, 0.3) is 0 Å². The number of sulfonamides is 1. The number of benzene rings is 2. The first-order chi connectivity index (χ1) is 14.8. The van der Waals surface area contributed by atoms with Crippen molar-refractivity contribution in [2.24, 2.45) is 5.92 Å². The van der Waals surface area contributed by atoms with Gasteiger partial charge in [0.25, 0.3) is 0 Å². The molecule has 0 spiro atoms. The molecule has 0 saturated carbocycles. The second-order valence-corrected chi connectivity index (χ2v) is 9.25. The number of nitrogens with zero attached hydrogens (tertiary/aromatic N) is 1. The summed E-state index contributed by atoms with van der Waals surface area (Å²) in [6.07, 6.45) is 0.832. The lowest BCUT2D eigenvalue weighted by atomic mass is 9.97. The predicted molar refractivity (Wildman–Crippen MR) is 116 cm³/mol. The summed E-state index contributed by atoms with van der Waals surface area (Å²) < 4.78 is 37.5. The Morgan fingerprint density at radius 2 is 1.74 bits per heavy atom. The Balaban J connectivity index is 1.67. The molecule has 0 radical (unpaired) electrons. The van der Waals surface area contributed by atoms with Crippen LogP contribution in [0.2, 0.25) is 0 Å². The number of ether oxygens (including phenoxy) is 2. The number of nitrogens with one attached hydrogen (secondary N) is 1. The summed E-state index contributed by atoms with van der Waals surface area (Å²) in [5, 5.41) is 2.87. The van der Waals surface area contributed by atoms with Gasteiger partial charge in [-0.1, -0.05) is 12.1 Å². The Kier molecular flexibility index (Phi) is 6.97. The molecule has 0 bridgehead atoms. The smallest absolute Gasteiger partial charge is 0.337 e. The van der Waals surface area contributed by atoms with E-state index in [0.717, 1.165) is 0 Å². The summed E-state index contributed by atoms with van der Waals surface area (Å²) in [5.74, 6) is -0.394. The van der Waals surface area contributed by atoms with Crippen LogP contribution in [-0.2, 0) is 19.6 Å². The quantitative estimate of drug-likeness (QED) is 0.685. The molecule has 31 heavy (non-hydrogen) atoms. The molecule has 1 fully saturated rings. The molecule has 1 heterocycles. The fraction of sp³-hybridized carbons (Fsp3) is 0.364. The molecule has 2 aromatic carbocycles. The molecule has 8 nitrogen and oxygen atoms in total. The Morgan fingerprint density at radius 1 is 1.06 bits per heavy atom. The van der Waals surface area contributed by atoms with Crippen molar-refractivity contribution in [2.75, 3.05) is 32.6 Å². The third-order valence-corrected chi connectivity index (χ3v) is 7.46. The van der Waals surface area contributed by atoms with Crippen molar-refractivity contribution in [2.45, 2.75) is 24.7 Å². The standard InChI is InChI=1S/C22H26N2O6S/c1-15-14-17(22(26)30-3)8-9-20(15)31(27,28)24-12-10-16(11-13-24)21(25)23-18-6-4-5-7-19(18)29-2/h4-9,14,16H,10-13H2,1-3H3,(H,23,25). The lowest BCUT2D eigenvalue weighted by molar-refractivity contribution is -0.120. The minimum atomic E-state index is -3.73. The van der Waals surface area contributed by atoms with E-state index in [2.05, 4.69) is 10.1 Å². The number of methoxy groups -OCH3 is 2. The van der Waals surface area contributed by atoms with Gasteiger partial charge in [0.15, 0.2) is 0 Å². The van der Waals surface area contributed by atoms with E-state index >= 15 is 0 Å². The molecule has 0 aromatic heterocycles. The number of carbonyl (C=O) groups is 2. The Morgan fingerprint density at radius 3 is 2.35 bits per heavy atom. The molecule has 0 aliphatic carbocycles. The van der Waals surface area contributed by atoms with Gasteiger partial charge in [0.05, 0.1) is 30.4 Å². The van der Waals surface area contributed by atoms with Crippen LogP contribution in [0.1, 0.15) is 28.8 Å². The number of carbonyl (C=O) groups excluding carboxylic acids is 2. The number of aryl methyl sites for hydroxylation is 1. The van der Waals surface area contributed by atoms with Gasteiger partial charge in [-0.05, 0) is 55.7 Å². The molecule has 166 valence electrons. The first kappa shape index (κ1) is 22.8. The Hall–Kier alpha value is -2.91. The fourth-order valence-electron chi connectivity index (χ4n) is 3.66. The molecule has 1 N–H and O–H groups in total. The van der Waals surface area contributed by atoms with Crippen molar-refractivity contribution in [3.05, 3.63) is 53.6 Å². The van der Waals surface area contributed by atoms with Gasteiger partial charge in [-0.2, -0.15) is 4.31 Å². The molecule has 3 rings (SSSR count). The highest BCUT2D eigenvalue weighted by molar-refractivity contribution is 7.89. The lowest BCUT2D eigenvalue weighted by Crippen LogP contribution is -2.41. The first-order valence-electron chi connectivity index (χ1n) is 9.91. The van der Waals surface area contributed by atoms with E-state index in [1.165, 1.54) is 36.7 Å². The number of amides is 1. The molecule has 1 aliphatic rings. The van der Waals surface area contributed by atoms with Gasteiger partial charge < -0.3 is 14.8 Å². The first-order valence-corrected chi connectivity index (χ1v) is 11.3. The van der Waals surface area contributed by atoms with Crippen molar-refractivity contribution < 1.29 is 27.5 Å². The van der Waals surface area contributed by atoms with Gasteiger partial charge in [0.2, 0.25) is 15.9 Å². The van der Waals surface area contributed by atoms with Crippen LogP contribution in [0.4, 0.5) is 5.69 Å². The van der Waals surface area contributed by atoms with Crippen LogP contribution in [0, 0.1) is 12.8 Å². The summed E-state index contributed by atoms with van der Waals surface area (Å²) in [5.41, 5.74) is 1.36. The third kappa shape index (κ3) is 4.88. The number of hydrogen-bond donors (Lipinski definition) is 1. The molecule has 9 heteroatoms. The fourth-order valence-corrected chi connectivity index (χ4v) is 5.34. The van der Waals surface area contributed by atoms with Crippen LogP contribution >= 0.6 is 0 Å². The average Bonchev–Trinajstić information content (AvgIpc) is 2.78. The lowest BCUT2D eigenvalue weighted by Gasteiger charge is -2.31. The van der Waals surface area contributed by atoms with Gasteiger partial charge in [-0.25, -0.2) is 13.2 Å². The average molecular weight is 447 g/mol. The number of anilines is 1. The summed E-state index contributed by atoms with van der Waals surface area (Å²) in [4.78, 5) is 24.5. The Bertz CT molecular complexity index is 1080. The maximum absolute atomic E-state index is 13.1. The van der Waals surface area contributed by atoms with E-state index in [1.54, 1.807) is 25.1 Å². The zero-order valence-corrected chi connectivity index (χ0v) is 18.6. The molecule has 0 unspecified atom stereocenters. The number of piperidine rings is 1. The summed E-state index contributed by atoms with van der Waals surface area (Å²) >= 11 is 0. The monoisotopic (exact) mass is 446 g/mol. The van der Waals surface area contributed by atoms with Crippen LogP contribution < -0.4 is 10.1 Å². The van der Waals surface area contributed by atoms with Crippen molar-refractivity contribution in [1.82, 2.24) is 4.31 Å². The van der Waals surface area contributed by atoms with E-state index < -0.39 is 16.0 Å². The highest BCUT2D eigenvalue weighted by Gasteiger charge is 2.33. The molecule has 1 saturated heterocycles. The van der Waals surface area contributed by atoms with Crippen LogP contribution in [0.3, 0.4) is 0 Å². The van der Waals surface area contributed by atoms with E-state index in [-0.39, 0.29) is 29.8 Å². The van der Waals surface area contributed by atoms with Crippen molar-refractivity contribution in [3.63, 3.8) is 0 Å². The summed E-state index contributed by atoms with van der Waals surface area (Å²) in [7, 11) is -0.921. The van der Waals surface area contributed by atoms with Crippen molar-refractivity contribution >= 4 is 27.6 Å². The highest BCUT2D eigenvalue weighted by Crippen LogP contribution is 2.29. The van der Waals surface area contributed by atoms with E-state index in [4.69, 9.17) is 4.74 Å². The SMILES string of the molecule is COC(=O)c1ccc(S(=O)(=O)N2CCC(C(=O)Nc3ccccc3OC)CC2)c(C)c1. The molecule has 0 atom stereocenters. The minimum Gasteiger partial charge on any atom is -0.495 e. The number of hydrogen-bond acceptors (Lipinski definition) is 6. The normalized spacial score (nSPS) is 15.3. The van der Waals surface area contributed by atoms with Crippen LogP contribution in [-0.4, -0.2) is 51.9 Å². The van der Waals surface area contributed by atoms with Crippen LogP contribution in [0.5, 0.6) is 5.75 Å². The van der Waals surface area contributed by atoms with Crippen LogP contribution in [0.15, 0.2) is 47.4 Å². The Labute approximate surface area is 182 Å². The molecule has 1 aliphatic heterocycles. The van der Waals surface area contributed by atoms with E-state index in [1.807, 2.05) is 6.07 Å². The second-order valence-electron chi connectivity index (χ2n) is 7.34. The van der Waals surface area contributed by atoms with Gasteiger partial charge in [-0.3, -0.25) is 4.79 Å². The zero-order chi connectivity index (χ0) is 22.6. The predicted octanol–water partition coefficient (Wildman–Crippen LogP) is 2.83. The van der Waals surface area contributed by atoms with Crippen molar-refractivity contribution in [3.8, 4) is 5.75 Å². The second kappa shape index (κ2) is 9.49. The highest BCUT2D eigenvalue weighted by atomic mass is 32.2. The maximum atomic E-state index is 13.1. The molecule has 2 aromatic rings. The largest absolute Gasteiger partial charge is 0.495 e. The molecular weight excluding hydrogens is 420 g/mol. The number of esters is 1. The molecule has 1 amide bonds. The maximum Gasteiger partial charge on any atom is 0.337 e. The number of para-hydroxylation sites is 2. The number of rotatable bonds is 6. The van der Waals surface area contributed by atoms with Gasteiger partial charge in [0, 0.05) is 19.0 Å². The summed E-state index contributed by atoms with van der Waals surface area (Å²) in [6.45, 7) is 2.13. The zero-order valence-electron chi connectivity index (χ0n) is 17.8. The summed E-state index contributed by atoms with van der Waals surface area (Å²) in [6, 6.07) is 11.5. The van der Waals surface area contributed by atoms with Gasteiger partial charge in [0.1, 0.15) is 5.75 Å². The molecular formula is C22H26N2O6S. The minimum absolute atomic E-state index is 0.150. The van der Waals surface area contributed by atoms with E-state index in [9.17, 15) is 18.0 Å². The van der Waals surface area contributed by atoms with E-state index in [0.29, 0.717) is 35.4 Å². The van der Waals surface area contributed by atoms with Gasteiger partial charge in [-0.15, -0.1) is 0 Å².